The molecule has 0 saturated carbocycles. The number of carbonyl (C=O) groups excluding carboxylic acids is 1. The Morgan fingerprint density at radius 3 is 2.56 bits per heavy atom. The molecule has 0 aliphatic heterocycles. The molecule has 2 N–H and O–H groups in total. The number of carbonyl (C=O) groups is 1. The van der Waals surface area contributed by atoms with Gasteiger partial charge in [-0.05, 0) is 25.1 Å². The first-order valence-corrected chi connectivity index (χ1v) is 6.99. The van der Waals surface area contributed by atoms with Crippen molar-refractivity contribution in [1.29, 1.82) is 0 Å². The Hall–Kier alpha value is -1.76. The highest BCUT2D eigenvalue weighted by Gasteiger charge is 2.10. The fraction of sp³-hybridized carbons (Fsp3) is 0.364. The molecule has 100 valence electrons. The monoisotopic (exact) mass is 272 g/mol. The smallest absolute Gasteiger partial charge is 0.232 e. The number of sulfonamides is 1. The van der Waals surface area contributed by atoms with E-state index in [0.29, 0.717) is 17.1 Å². The van der Waals surface area contributed by atoms with Crippen molar-refractivity contribution in [1.82, 2.24) is 0 Å². The lowest BCUT2D eigenvalue weighted by Gasteiger charge is -2.12. The maximum absolute atomic E-state index is 11.4. The van der Waals surface area contributed by atoms with Gasteiger partial charge in [0.1, 0.15) is 5.75 Å². The van der Waals surface area contributed by atoms with Gasteiger partial charge in [-0.15, -0.1) is 0 Å². The van der Waals surface area contributed by atoms with E-state index in [4.69, 9.17) is 4.74 Å². The van der Waals surface area contributed by atoms with Gasteiger partial charge in [0.2, 0.25) is 15.9 Å². The van der Waals surface area contributed by atoms with Crippen LogP contribution in [0.1, 0.15) is 13.8 Å². The molecule has 0 fully saturated rings. The minimum absolute atomic E-state index is 0.0193. The molecule has 0 radical (unpaired) electrons. The minimum Gasteiger partial charge on any atom is -0.495 e. The second-order valence-corrected chi connectivity index (χ2v) is 5.61. The number of rotatable bonds is 5. The van der Waals surface area contributed by atoms with Crippen LogP contribution in [0, 0.1) is 0 Å². The summed E-state index contributed by atoms with van der Waals surface area (Å²) < 4.78 is 30.3. The fourth-order valence-corrected chi connectivity index (χ4v) is 1.94. The summed E-state index contributed by atoms with van der Waals surface area (Å²) in [6, 6.07) is 4.66. The topological polar surface area (TPSA) is 84.5 Å². The summed E-state index contributed by atoms with van der Waals surface area (Å²) in [5.74, 6) is 0.183. The molecule has 6 nitrogen and oxygen atoms in total. The van der Waals surface area contributed by atoms with Crippen LogP contribution in [0.25, 0.3) is 0 Å². The molecular weight excluding hydrogens is 256 g/mol. The summed E-state index contributed by atoms with van der Waals surface area (Å²) in [6.07, 6.45) is 0. The van der Waals surface area contributed by atoms with Gasteiger partial charge in [-0.1, -0.05) is 0 Å². The molecule has 0 aliphatic carbocycles. The Bertz CT molecular complexity index is 540. The summed E-state index contributed by atoms with van der Waals surface area (Å²) in [7, 11) is -1.87. The first-order chi connectivity index (χ1) is 8.38. The van der Waals surface area contributed by atoms with Gasteiger partial charge in [-0.3, -0.25) is 9.52 Å². The fourth-order valence-electron chi connectivity index (χ4n) is 1.31. The van der Waals surface area contributed by atoms with Crippen molar-refractivity contribution in [2.45, 2.75) is 13.8 Å². The van der Waals surface area contributed by atoms with E-state index in [9.17, 15) is 13.2 Å². The van der Waals surface area contributed by atoms with E-state index in [2.05, 4.69) is 10.0 Å². The van der Waals surface area contributed by atoms with Crippen molar-refractivity contribution in [3.63, 3.8) is 0 Å². The summed E-state index contributed by atoms with van der Waals surface area (Å²) in [6.45, 7) is 2.91. The average molecular weight is 272 g/mol. The maximum atomic E-state index is 11.4. The van der Waals surface area contributed by atoms with Crippen LogP contribution in [-0.2, 0) is 14.8 Å². The number of methoxy groups -OCH3 is 1. The molecule has 0 spiro atoms. The Morgan fingerprint density at radius 2 is 2.06 bits per heavy atom. The van der Waals surface area contributed by atoms with Crippen LogP contribution >= 0.6 is 0 Å². The van der Waals surface area contributed by atoms with Crippen LogP contribution in [0.2, 0.25) is 0 Å². The summed E-state index contributed by atoms with van der Waals surface area (Å²) in [4.78, 5) is 11.0. The van der Waals surface area contributed by atoms with E-state index in [0.717, 1.165) is 0 Å². The Kier molecular flexibility index (Phi) is 4.55. The molecule has 0 unspecified atom stereocenters. The highest BCUT2D eigenvalue weighted by atomic mass is 32.2. The minimum atomic E-state index is -3.34. The number of hydrogen-bond donors (Lipinski definition) is 2. The van der Waals surface area contributed by atoms with Crippen LogP contribution in [0.3, 0.4) is 0 Å². The summed E-state index contributed by atoms with van der Waals surface area (Å²) >= 11 is 0. The molecule has 1 amide bonds. The third-order valence-corrected chi connectivity index (χ3v) is 3.47. The van der Waals surface area contributed by atoms with Gasteiger partial charge < -0.3 is 10.1 Å². The van der Waals surface area contributed by atoms with Crippen molar-refractivity contribution >= 4 is 27.3 Å². The number of benzene rings is 1. The maximum Gasteiger partial charge on any atom is 0.232 e. The van der Waals surface area contributed by atoms with Crippen molar-refractivity contribution < 1.29 is 17.9 Å². The molecule has 0 aliphatic rings. The zero-order valence-electron chi connectivity index (χ0n) is 10.5. The Balaban J connectivity index is 3.06. The van der Waals surface area contributed by atoms with Crippen LogP contribution in [-0.4, -0.2) is 27.2 Å². The Morgan fingerprint density at radius 1 is 1.39 bits per heavy atom. The lowest BCUT2D eigenvalue weighted by molar-refractivity contribution is -0.114. The van der Waals surface area contributed by atoms with E-state index >= 15 is 0 Å². The van der Waals surface area contributed by atoms with Gasteiger partial charge in [0, 0.05) is 6.92 Å². The predicted molar refractivity (Wildman–Crippen MR) is 70.4 cm³/mol. The normalized spacial score (nSPS) is 10.8. The molecule has 1 rings (SSSR count). The highest BCUT2D eigenvalue weighted by molar-refractivity contribution is 7.92. The van der Waals surface area contributed by atoms with E-state index < -0.39 is 10.0 Å². The van der Waals surface area contributed by atoms with E-state index in [1.807, 2.05) is 0 Å². The van der Waals surface area contributed by atoms with Gasteiger partial charge in [-0.25, -0.2) is 8.42 Å². The highest BCUT2D eigenvalue weighted by Crippen LogP contribution is 2.28. The van der Waals surface area contributed by atoms with Crippen LogP contribution in [0.15, 0.2) is 18.2 Å². The molecule has 0 bridgehead atoms. The number of amides is 1. The third-order valence-electron chi connectivity index (χ3n) is 2.16. The van der Waals surface area contributed by atoms with Crippen molar-refractivity contribution in [2.24, 2.45) is 0 Å². The van der Waals surface area contributed by atoms with Crippen LogP contribution in [0.4, 0.5) is 11.4 Å². The summed E-state index contributed by atoms with van der Waals surface area (Å²) in [5, 5.41) is 2.57. The van der Waals surface area contributed by atoms with Crippen molar-refractivity contribution in [3.05, 3.63) is 18.2 Å². The van der Waals surface area contributed by atoms with Crippen LogP contribution < -0.4 is 14.8 Å². The molecule has 0 saturated heterocycles. The standard InChI is InChI=1S/C11H16N2O4S/c1-4-18(15,16)13-9-5-6-11(17-3)10(7-9)12-8(2)14/h5-7,13H,4H2,1-3H3,(H,12,14). The van der Waals surface area contributed by atoms with Gasteiger partial charge in [-0.2, -0.15) is 0 Å². The molecule has 1 aromatic rings. The van der Waals surface area contributed by atoms with Gasteiger partial charge >= 0.3 is 0 Å². The Labute approximate surface area is 106 Å². The molecule has 1 aromatic carbocycles. The molecule has 0 aromatic heterocycles. The molecule has 7 heteroatoms. The number of hydrogen-bond acceptors (Lipinski definition) is 4. The zero-order chi connectivity index (χ0) is 13.8. The quantitative estimate of drug-likeness (QED) is 0.849. The SMILES string of the molecule is CCS(=O)(=O)Nc1ccc(OC)c(NC(C)=O)c1. The largest absolute Gasteiger partial charge is 0.495 e. The van der Waals surface area contributed by atoms with E-state index in [1.165, 1.54) is 20.1 Å². The molecule has 18 heavy (non-hydrogen) atoms. The lowest BCUT2D eigenvalue weighted by Crippen LogP contribution is -2.15. The van der Waals surface area contributed by atoms with Gasteiger partial charge in [0.15, 0.2) is 0 Å². The second-order valence-electron chi connectivity index (χ2n) is 3.60. The predicted octanol–water partition coefficient (Wildman–Crippen LogP) is 1.42. The van der Waals surface area contributed by atoms with E-state index in [1.54, 1.807) is 19.1 Å². The van der Waals surface area contributed by atoms with Crippen LogP contribution in [0.5, 0.6) is 5.75 Å². The number of nitrogens with one attached hydrogen (secondary N) is 2. The van der Waals surface area contributed by atoms with Gasteiger partial charge in [0.05, 0.1) is 24.2 Å². The average Bonchev–Trinajstić information content (AvgIpc) is 2.28. The summed E-state index contributed by atoms with van der Waals surface area (Å²) in [5.41, 5.74) is 0.794. The zero-order valence-corrected chi connectivity index (χ0v) is 11.3. The second kappa shape index (κ2) is 5.72. The molecular formula is C11H16N2O4S. The molecule has 0 heterocycles. The lowest BCUT2D eigenvalue weighted by atomic mass is 10.2. The van der Waals surface area contributed by atoms with Gasteiger partial charge in [0.25, 0.3) is 0 Å². The molecule has 0 atom stereocenters. The number of anilines is 2. The first kappa shape index (κ1) is 14.3. The van der Waals surface area contributed by atoms with Crippen molar-refractivity contribution in [2.75, 3.05) is 22.9 Å². The van der Waals surface area contributed by atoms with Crippen molar-refractivity contribution in [3.8, 4) is 5.75 Å². The number of ether oxygens (including phenoxy) is 1. The third kappa shape index (κ3) is 3.92. The van der Waals surface area contributed by atoms with E-state index in [-0.39, 0.29) is 11.7 Å². The first-order valence-electron chi connectivity index (χ1n) is 5.34.